The number of ether oxygens (including phenoxy) is 2. The molecule has 0 saturated heterocycles. The molecule has 1 atom stereocenters. The number of benzene rings is 1. The molecule has 16 heavy (non-hydrogen) atoms. The molecule has 0 unspecified atom stereocenters. The van der Waals surface area contributed by atoms with Crippen LogP contribution >= 0.6 is 0 Å². The van der Waals surface area contributed by atoms with Crippen molar-refractivity contribution in [1.29, 1.82) is 0 Å². The second kappa shape index (κ2) is 5.25. The second-order valence-electron chi connectivity index (χ2n) is 3.31. The zero-order valence-electron chi connectivity index (χ0n) is 9.48. The molecule has 5 heteroatoms. The van der Waals surface area contributed by atoms with Gasteiger partial charge < -0.3 is 19.9 Å². The Morgan fingerprint density at radius 2 is 1.75 bits per heavy atom. The fourth-order valence-corrected chi connectivity index (χ4v) is 1.20. The number of carbonyl (C=O) groups is 1. The highest BCUT2D eigenvalue weighted by molar-refractivity contribution is 5.77. The van der Waals surface area contributed by atoms with Gasteiger partial charge in [-0.15, -0.1) is 0 Å². The van der Waals surface area contributed by atoms with E-state index in [1.165, 1.54) is 0 Å². The Bertz CT molecular complexity index is 356. The number of nitrogens with one attached hydrogen (secondary N) is 1. The van der Waals surface area contributed by atoms with Gasteiger partial charge in [-0.25, -0.2) is 0 Å². The predicted octanol–water partition coefficient (Wildman–Crippen LogP) is 1.59. The topological polar surface area (TPSA) is 67.8 Å². The van der Waals surface area contributed by atoms with Gasteiger partial charge in [-0.2, -0.15) is 0 Å². The fourth-order valence-electron chi connectivity index (χ4n) is 1.20. The number of hydrogen-bond acceptors (Lipinski definition) is 4. The summed E-state index contributed by atoms with van der Waals surface area (Å²) in [5.74, 6) is 0.306. The van der Waals surface area contributed by atoms with Crippen LogP contribution in [0.15, 0.2) is 18.2 Å². The van der Waals surface area contributed by atoms with Crippen LogP contribution in [0.25, 0.3) is 0 Å². The van der Waals surface area contributed by atoms with Crippen LogP contribution in [0.3, 0.4) is 0 Å². The monoisotopic (exact) mass is 225 g/mol. The minimum absolute atomic E-state index is 0.611. The zero-order valence-corrected chi connectivity index (χ0v) is 9.48. The number of anilines is 1. The summed E-state index contributed by atoms with van der Waals surface area (Å²) in [6.45, 7) is 1.56. The Morgan fingerprint density at radius 3 is 2.12 bits per heavy atom. The summed E-state index contributed by atoms with van der Waals surface area (Å²) in [5.41, 5.74) is 0.645. The van der Waals surface area contributed by atoms with E-state index in [0.717, 1.165) is 0 Å². The molecule has 1 rings (SSSR count). The van der Waals surface area contributed by atoms with E-state index in [4.69, 9.17) is 14.6 Å². The number of hydrogen-bond donors (Lipinski definition) is 2. The first-order valence-electron chi connectivity index (χ1n) is 4.79. The average Bonchev–Trinajstić information content (AvgIpc) is 2.28. The van der Waals surface area contributed by atoms with Crippen molar-refractivity contribution >= 4 is 11.7 Å². The SMILES string of the molecule is COc1cc(N[C@@H](C)C(=O)O)cc(OC)c1. The van der Waals surface area contributed by atoms with Crippen LogP contribution in [0, 0.1) is 0 Å². The molecule has 0 spiro atoms. The second-order valence-corrected chi connectivity index (χ2v) is 3.31. The molecule has 0 aliphatic heterocycles. The number of aliphatic carboxylic acids is 1. The molecule has 0 heterocycles. The number of rotatable bonds is 5. The highest BCUT2D eigenvalue weighted by Gasteiger charge is 2.11. The molecule has 0 aromatic heterocycles. The summed E-state index contributed by atoms with van der Waals surface area (Å²) >= 11 is 0. The maximum atomic E-state index is 10.7. The van der Waals surface area contributed by atoms with Crippen molar-refractivity contribution in [3.05, 3.63) is 18.2 Å². The number of carboxylic acid groups (broad SMARTS) is 1. The summed E-state index contributed by atoms with van der Waals surface area (Å²) in [7, 11) is 3.08. The van der Waals surface area contributed by atoms with Gasteiger partial charge in [-0.1, -0.05) is 0 Å². The molecule has 88 valence electrons. The molecular weight excluding hydrogens is 210 g/mol. The Kier molecular flexibility index (Phi) is 3.99. The van der Waals surface area contributed by atoms with E-state index in [1.54, 1.807) is 39.3 Å². The fraction of sp³-hybridized carbons (Fsp3) is 0.364. The highest BCUT2D eigenvalue weighted by Crippen LogP contribution is 2.26. The molecule has 0 fully saturated rings. The van der Waals surface area contributed by atoms with Crippen molar-refractivity contribution in [3.8, 4) is 11.5 Å². The van der Waals surface area contributed by atoms with Crippen LogP contribution < -0.4 is 14.8 Å². The normalized spacial score (nSPS) is 11.7. The number of methoxy groups -OCH3 is 2. The van der Waals surface area contributed by atoms with E-state index in [1.807, 2.05) is 0 Å². The quantitative estimate of drug-likeness (QED) is 0.796. The van der Waals surface area contributed by atoms with E-state index in [0.29, 0.717) is 17.2 Å². The van der Waals surface area contributed by atoms with Gasteiger partial charge in [0.2, 0.25) is 0 Å². The summed E-state index contributed by atoms with van der Waals surface area (Å²) < 4.78 is 10.1. The molecule has 0 radical (unpaired) electrons. The van der Waals surface area contributed by atoms with E-state index in [-0.39, 0.29) is 0 Å². The Morgan fingerprint density at radius 1 is 1.25 bits per heavy atom. The maximum Gasteiger partial charge on any atom is 0.325 e. The summed E-state index contributed by atoms with van der Waals surface area (Å²) in [4.78, 5) is 10.7. The van der Waals surface area contributed by atoms with Gasteiger partial charge in [0.25, 0.3) is 0 Å². The van der Waals surface area contributed by atoms with E-state index >= 15 is 0 Å². The zero-order chi connectivity index (χ0) is 12.1. The van der Waals surface area contributed by atoms with Crippen molar-refractivity contribution in [2.24, 2.45) is 0 Å². The van der Waals surface area contributed by atoms with Gasteiger partial charge in [-0.3, -0.25) is 4.79 Å². The van der Waals surface area contributed by atoms with E-state index in [9.17, 15) is 4.79 Å². The Balaban J connectivity index is 2.90. The first kappa shape index (κ1) is 12.2. The minimum atomic E-state index is -0.915. The lowest BCUT2D eigenvalue weighted by atomic mass is 10.2. The molecule has 5 nitrogen and oxygen atoms in total. The third-order valence-corrected chi connectivity index (χ3v) is 2.11. The first-order chi connectivity index (χ1) is 7.56. The van der Waals surface area contributed by atoms with Gasteiger partial charge >= 0.3 is 5.97 Å². The summed E-state index contributed by atoms with van der Waals surface area (Å²) in [6, 6.07) is 4.47. The smallest absolute Gasteiger partial charge is 0.325 e. The predicted molar refractivity (Wildman–Crippen MR) is 60.3 cm³/mol. The largest absolute Gasteiger partial charge is 0.497 e. The third kappa shape index (κ3) is 3.05. The molecule has 0 bridgehead atoms. The van der Waals surface area contributed by atoms with Crippen LogP contribution in [0.5, 0.6) is 11.5 Å². The lowest BCUT2D eigenvalue weighted by Crippen LogP contribution is -2.25. The van der Waals surface area contributed by atoms with Crippen molar-refractivity contribution in [2.45, 2.75) is 13.0 Å². The van der Waals surface area contributed by atoms with Crippen molar-refractivity contribution in [3.63, 3.8) is 0 Å². The molecule has 1 aromatic carbocycles. The van der Waals surface area contributed by atoms with Gasteiger partial charge in [0.1, 0.15) is 17.5 Å². The van der Waals surface area contributed by atoms with E-state index in [2.05, 4.69) is 5.32 Å². The molecule has 1 aromatic rings. The highest BCUT2D eigenvalue weighted by atomic mass is 16.5. The first-order valence-corrected chi connectivity index (χ1v) is 4.79. The van der Waals surface area contributed by atoms with Crippen LogP contribution in [0.4, 0.5) is 5.69 Å². The van der Waals surface area contributed by atoms with Crippen molar-refractivity contribution < 1.29 is 19.4 Å². The molecular formula is C11H15NO4. The standard InChI is InChI=1S/C11H15NO4/c1-7(11(13)14)12-8-4-9(15-2)6-10(5-8)16-3/h4-7,12H,1-3H3,(H,13,14)/t7-/m0/s1. The summed E-state index contributed by atoms with van der Waals surface area (Å²) in [5, 5.41) is 11.6. The Labute approximate surface area is 94.0 Å². The molecule has 0 saturated carbocycles. The van der Waals surface area contributed by atoms with Crippen LogP contribution in [-0.2, 0) is 4.79 Å². The molecule has 2 N–H and O–H groups in total. The molecule has 0 amide bonds. The summed E-state index contributed by atoms with van der Waals surface area (Å²) in [6.07, 6.45) is 0. The van der Waals surface area contributed by atoms with E-state index < -0.39 is 12.0 Å². The van der Waals surface area contributed by atoms with Gasteiger partial charge in [0, 0.05) is 23.9 Å². The van der Waals surface area contributed by atoms with Gasteiger partial charge in [0.15, 0.2) is 0 Å². The number of carboxylic acids is 1. The van der Waals surface area contributed by atoms with Gasteiger partial charge in [0.05, 0.1) is 14.2 Å². The lowest BCUT2D eigenvalue weighted by Gasteiger charge is -2.13. The van der Waals surface area contributed by atoms with Crippen LogP contribution in [-0.4, -0.2) is 31.3 Å². The maximum absolute atomic E-state index is 10.7. The third-order valence-electron chi connectivity index (χ3n) is 2.11. The average molecular weight is 225 g/mol. The Hall–Kier alpha value is -1.91. The van der Waals surface area contributed by atoms with Crippen molar-refractivity contribution in [2.75, 3.05) is 19.5 Å². The van der Waals surface area contributed by atoms with Crippen LogP contribution in [0.2, 0.25) is 0 Å². The molecule has 0 aliphatic carbocycles. The molecule has 0 aliphatic rings. The minimum Gasteiger partial charge on any atom is -0.497 e. The van der Waals surface area contributed by atoms with Crippen LogP contribution in [0.1, 0.15) is 6.92 Å². The van der Waals surface area contributed by atoms with Gasteiger partial charge in [-0.05, 0) is 6.92 Å². The lowest BCUT2D eigenvalue weighted by molar-refractivity contribution is -0.137. The van der Waals surface area contributed by atoms with Crippen molar-refractivity contribution in [1.82, 2.24) is 0 Å².